The van der Waals surface area contributed by atoms with Crippen molar-refractivity contribution in [1.82, 2.24) is 9.88 Å². The van der Waals surface area contributed by atoms with E-state index >= 15 is 0 Å². The minimum Gasteiger partial charge on any atom is -0.391 e. The minimum absolute atomic E-state index is 0.124. The molecule has 1 aromatic heterocycles. The summed E-state index contributed by atoms with van der Waals surface area (Å²) in [4.78, 5) is 9.27. The molecule has 2 atom stereocenters. The van der Waals surface area contributed by atoms with Gasteiger partial charge in [0.1, 0.15) is 5.82 Å². The van der Waals surface area contributed by atoms with E-state index in [4.69, 9.17) is 0 Å². The van der Waals surface area contributed by atoms with Crippen molar-refractivity contribution in [3.8, 4) is 0 Å². The van der Waals surface area contributed by atoms with E-state index in [0.717, 1.165) is 49.3 Å². The predicted octanol–water partition coefficient (Wildman–Crippen LogP) is 2.27. The molecule has 0 bridgehead atoms. The number of aliphatic hydroxyl groups excluding tert-OH is 1. The van der Waals surface area contributed by atoms with Crippen molar-refractivity contribution in [3.05, 3.63) is 22.8 Å². The summed E-state index contributed by atoms with van der Waals surface area (Å²) in [6.07, 6.45) is 6.29. The molecular formula is C15H22BrN3O. The summed E-state index contributed by atoms with van der Waals surface area (Å²) in [5, 5.41) is 10.2. The summed E-state index contributed by atoms with van der Waals surface area (Å²) >= 11 is 3.42. The van der Waals surface area contributed by atoms with Crippen LogP contribution >= 0.6 is 15.9 Å². The third-order valence-corrected chi connectivity index (χ3v) is 4.98. The highest BCUT2D eigenvalue weighted by Crippen LogP contribution is 2.25. The smallest absolute Gasteiger partial charge is 0.128 e. The molecule has 1 aliphatic carbocycles. The number of aliphatic hydroxyl groups is 1. The van der Waals surface area contributed by atoms with Crippen molar-refractivity contribution < 1.29 is 5.11 Å². The average molecular weight is 340 g/mol. The fraction of sp³-hybridized carbons (Fsp3) is 0.667. The fourth-order valence-electron chi connectivity index (χ4n) is 3.36. The Hall–Kier alpha value is -0.650. The molecule has 2 aliphatic rings. The highest BCUT2D eigenvalue weighted by Gasteiger charge is 2.30. The SMILES string of the molecule is OC1CCCCC1N1CCN(c2ccc(Br)cn2)CC1. The Balaban J connectivity index is 1.57. The van der Waals surface area contributed by atoms with Gasteiger partial charge in [0.2, 0.25) is 0 Å². The van der Waals surface area contributed by atoms with E-state index in [1.165, 1.54) is 12.8 Å². The van der Waals surface area contributed by atoms with Crippen LogP contribution in [0.25, 0.3) is 0 Å². The molecule has 1 saturated carbocycles. The lowest BCUT2D eigenvalue weighted by molar-refractivity contribution is 0.0172. The zero-order valence-electron chi connectivity index (χ0n) is 11.7. The Bertz CT molecular complexity index is 431. The van der Waals surface area contributed by atoms with Gasteiger partial charge in [0.15, 0.2) is 0 Å². The van der Waals surface area contributed by atoms with Gasteiger partial charge in [-0.1, -0.05) is 12.8 Å². The van der Waals surface area contributed by atoms with Crippen LogP contribution in [0.1, 0.15) is 25.7 Å². The number of aromatic nitrogens is 1. The van der Waals surface area contributed by atoms with Crippen LogP contribution in [-0.2, 0) is 0 Å². The molecule has 0 amide bonds. The van der Waals surface area contributed by atoms with Crippen molar-refractivity contribution >= 4 is 21.7 Å². The summed E-state index contributed by atoms with van der Waals surface area (Å²) in [6, 6.07) is 4.48. The fourth-order valence-corrected chi connectivity index (χ4v) is 3.59. The monoisotopic (exact) mass is 339 g/mol. The number of pyridine rings is 1. The van der Waals surface area contributed by atoms with Crippen LogP contribution in [0.3, 0.4) is 0 Å². The van der Waals surface area contributed by atoms with Crippen LogP contribution in [-0.4, -0.2) is 53.3 Å². The molecule has 1 aromatic rings. The van der Waals surface area contributed by atoms with Gasteiger partial charge >= 0.3 is 0 Å². The largest absolute Gasteiger partial charge is 0.391 e. The lowest BCUT2D eigenvalue weighted by Crippen LogP contribution is -2.54. The van der Waals surface area contributed by atoms with E-state index in [1.54, 1.807) is 0 Å². The molecular weight excluding hydrogens is 318 g/mol. The van der Waals surface area contributed by atoms with E-state index < -0.39 is 0 Å². The first-order valence-corrected chi connectivity index (χ1v) is 8.32. The number of piperazine rings is 1. The lowest BCUT2D eigenvalue weighted by atomic mass is 9.91. The van der Waals surface area contributed by atoms with Gasteiger partial charge in [-0.15, -0.1) is 0 Å². The Labute approximate surface area is 128 Å². The van der Waals surface area contributed by atoms with Crippen molar-refractivity contribution in [1.29, 1.82) is 0 Å². The summed E-state index contributed by atoms with van der Waals surface area (Å²) in [5.41, 5.74) is 0. The molecule has 4 nitrogen and oxygen atoms in total. The number of nitrogens with zero attached hydrogens (tertiary/aromatic N) is 3. The Morgan fingerprint density at radius 3 is 2.50 bits per heavy atom. The van der Waals surface area contributed by atoms with Crippen molar-refractivity contribution in [2.45, 2.75) is 37.8 Å². The number of anilines is 1. The Kier molecular flexibility index (Phi) is 4.58. The summed E-state index contributed by atoms with van der Waals surface area (Å²) in [6.45, 7) is 4.05. The van der Waals surface area contributed by atoms with E-state index in [2.05, 4.69) is 36.8 Å². The molecule has 3 rings (SSSR count). The second-order valence-corrected chi connectivity index (χ2v) is 6.69. The first-order chi connectivity index (χ1) is 9.74. The minimum atomic E-state index is -0.124. The van der Waals surface area contributed by atoms with Crippen molar-refractivity contribution in [2.75, 3.05) is 31.1 Å². The number of rotatable bonds is 2. The summed E-state index contributed by atoms with van der Waals surface area (Å²) in [7, 11) is 0. The highest BCUT2D eigenvalue weighted by molar-refractivity contribution is 9.10. The van der Waals surface area contributed by atoms with E-state index in [9.17, 15) is 5.11 Å². The second-order valence-electron chi connectivity index (χ2n) is 5.78. The Morgan fingerprint density at radius 1 is 1.10 bits per heavy atom. The van der Waals surface area contributed by atoms with Gasteiger partial charge < -0.3 is 10.0 Å². The first kappa shape index (κ1) is 14.3. The molecule has 0 aromatic carbocycles. The molecule has 0 radical (unpaired) electrons. The van der Waals surface area contributed by atoms with Gasteiger partial charge in [0.05, 0.1) is 6.10 Å². The molecule has 2 unspecified atom stereocenters. The molecule has 1 aliphatic heterocycles. The third-order valence-electron chi connectivity index (χ3n) is 4.51. The van der Waals surface area contributed by atoms with Crippen LogP contribution in [0, 0.1) is 0 Å². The third kappa shape index (κ3) is 3.15. The van der Waals surface area contributed by atoms with Crippen LogP contribution in [0.4, 0.5) is 5.82 Å². The molecule has 5 heteroatoms. The molecule has 0 spiro atoms. The summed E-state index contributed by atoms with van der Waals surface area (Å²) < 4.78 is 1.02. The maximum absolute atomic E-state index is 10.2. The maximum Gasteiger partial charge on any atom is 0.128 e. The topological polar surface area (TPSA) is 39.6 Å². The first-order valence-electron chi connectivity index (χ1n) is 7.52. The average Bonchev–Trinajstić information content (AvgIpc) is 2.49. The highest BCUT2D eigenvalue weighted by atomic mass is 79.9. The molecule has 2 heterocycles. The van der Waals surface area contributed by atoms with Crippen LogP contribution in [0.5, 0.6) is 0 Å². The van der Waals surface area contributed by atoms with Crippen molar-refractivity contribution in [2.24, 2.45) is 0 Å². The molecule has 1 saturated heterocycles. The molecule has 1 N–H and O–H groups in total. The zero-order chi connectivity index (χ0) is 13.9. The zero-order valence-corrected chi connectivity index (χ0v) is 13.3. The van der Waals surface area contributed by atoms with Gasteiger partial charge in [0.25, 0.3) is 0 Å². The van der Waals surface area contributed by atoms with E-state index in [0.29, 0.717) is 6.04 Å². The van der Waals surface area contributed by atoms with Crippen LogP contribution < -0.4 is 4.90 Å². The van der Waals surface area contributed by atoms with Crippen LogP contribution in [0.15, 0.2) is 22.8 Å². The molecule has 20 heavy (non-hydrogen) atoms. The number of hydrogen-bond donors (Lipinski definition) is 1. The van der Waals surface area contributed by atoms with E-state index in [-0.39, 0.29) is 6.10 Å². The Morgan fingerprint density at radius 2 is 1.85 bits per heavy atom. The number of halogens is 1. The normalized spacial score (nSPS) is 28.6. The van der Waals surface area contributed by atoms with E-state index in [1.807, 2.05) is 12.3 Å². The van der Waals surface area contributed by atoms with Gasteiger partial charge in [0, 0.05) is 42.9 Å². The molecule has 110 valence electrons. The molecule has 2 fully saturated rings. The van der Waals surface area contributed by atoms with Gasteiger partial charge in [-0.25, -0.2) is 4.98 Å². The second kappa shape index (κ2) is 6.41. The standard InChI is InChI=1S/C15H22BrN3O/c16-12-5-6-15(17-11-12)19-9-7-18(8-10-19)13-3-1-2-4-14(13)20/h5-6,11,13-14,20H,1-4,7-10H2. The maximum atomic E-state index is 10.2. The predicted molar refractivity (Wildman–Crippen MR) is 84.0 cm³/mol. The van der Waals surface area contributed by atoms with Gasteiger partial charge in [-0.2, -0.15) is 0 Å². The summed E-state index contributed by atoms with van der Waals surface area (Å²) in [5.74, 6) is 1.05. The quantitative estimate of drug-likeness (QED) is 0.897. The van der Waals surface area contributed by atoms with Crippen LogP contribution in [0.2, 0.25) is 0 Å². The van der Waals surface area contributed by atoms with Gasteiger partial charge in [-0.3, -0.25) is 4.90 Å². The van der Waals surface area contributed by atoms with Gasteiger partial charge in [-0.05, 0) is 40.9 Å². The van der Waals surface area contributed by atoms with Crippen molar-refractivity contribution in [3.63, 3.8) is 0 Å². The lowest BCUT2D eigenvalue weighted by Gasteiger charge is -2.43. The number of hydrogen-bond acceptors (Lipinski definition) is 4.